The normalized spacial score (nSPS) is 13.8. The number of carbonyl (C=O) groups is 3. The fraction of sp³-hybridized carbons (Fsp3) is 0.571. The Morgan fingerprint density at radius 3 is 2.39 bits per heavy atom. The second kappa shape index (κ2) is 14.5. The van der Waals surface area contributed by atoms with Crippen molar-refractivity contribution in [3.05, 3.63) is 29.8 Å². The second-order valence-electron chi connectivity index (χ2n) is 7.10. The number of Topliss-reactive ketones (excluding diaryl/α,β-unsaturated/α-hetero) is 1. The van der Waals surface area contributed by atoms with Crippen LogP contribution >= 0.6 is 0 Å². The van der Waals surface area contributed by atoms with E-state index in [1.165, 1.54) is 19.1 Å². The van der Waals surface area contributed by atoms with E-state index < -0.39 is 42.2 Å². The highest BCUT2D eigenvalue weighted by atomic mass is 16.5. The number of nitrogens with one attached hydrogen (secondary N) is 3. The lowest BCUT2D eigenvalue weighted by Crippen LogP contribution is -2.46. The first-order chi connectivity index (χ1) is 14.8. The van der Waals surface area contributed by atoms with Gasteiger partial charge in [0.2, 0.25) is 11.8 Å². The molecule has 0 aromatic heterocycles. The Hall–Kier alpha value is -2.53. The Labute approximate surface area is 182 Å². The minimum Gasteiger partial charge on any atom is -0.508 e. The number of phenolic OH excluding ortho intramolecular Hbond substituents is 1. The molecule has 0 aliphatic heterocycles. The maximum Gasteiger partial charge on any atom is 0.239 e. The van der Waals surface area contributed by atoms with Gasteiger partial charge in [0, 0.05) is 20.1 Å². The van der Waals surface area contributed by atoms with Crippen molar-refractivity contribution < 1.29 is 34.1 Å². The molecule has 5 N–H and O–H groups in total. The molecular formula is C21H32N3O7. The van der Waals surface area contributed by atoms with Crippen LogP contribution < -0.4 is 16.4 Å². The number of methoxy groups -OCH3 is 1. The van der Waals surface area contributed by atoms with Gasteiger partial charge >= 0.3 is 0 Å². The SMILES string of the molecule is COCCOCCNC(=O)[C@H](CO)CC(=O)[C@@H](C)NC(=O)[C@@H]([NH])Cc1ccc(O)cc1. The van der Waals surface area contributed by atoms with Crippen LogP contribution in [-0.2, 0) is 30.3 Å². The third-order valence-electron chi connectivity index (χ3n) is 4.55. The summed E-state index contributed by atoms with van der Waals surface area (Å²) in [5.74, 6) is -2.36. The lowest BCUT2D eigenvalue weighted by Gasteiger charge is -2.19. The van der Waals surface area contributed by atoms with E-state index in [1.54, 1.807) is 19.2 Å². The average molecular weight is 439 g/mol. The molecule has 0 saturated heterocycles. The summed E-state index contributed by atoms with van der Waals surface area (Å²) in [6.07, 6.45) is -0.115. The molecule has 173 valence electrons. The van der Waals surface area contributed by atoms with Gasteiger partial charge in [0.05, 0.1) is 38.4 Å². The number of benzene rings is 1. The highest BCUT2D eigenvalue weighted by molar-refractivity contribution is 5.93. The minimum absolute atomic E-state index is 0.0926. The van der Waals surface area contributed by atoms with Crippen LogP contribution in [0.25, 0.3) is 0 Å². The highest BCUT2D eigenvalue weighted by Gasteiger charge is 2.26. The van der Waals surface area contributed by atoms with Gasteiger partial charge in [-0.1, -0.05) is 12.1 Å². The molecule has 1 aromatic carbocycles. The molecule has 0 unspecified atom stereocenters. The molecule has 10 heteroatoms. The second-order valence-corrected chi connectivity index (χ2v) is 7.10. The molecule has 1 radical (unpaired) electrons. The van der Waals surface area contributed by atoms with Crippen molar-refractivity contribution in [2.75, 3.05) is 40.1 Å². The maximum absolute atomic E-state index is 12.4. The summed E-state index contributed by atoms with van der Waals surface area (Å²) < 4.78 is 10.1. The van der Waals surface area contributed by atoms with E-state index in [1.807, 2.05) is 0 Å². The zero-order valence-electron chi connectivity index (χ0n) is 17.9. The molecule has 31 heavy (non-hydrogen) atoms. The van der Waals surface area contributed by atoms with E-state index in [0.717, 1.165) is 0 Å². The van der Waals surface area contributed by atoms with Gasteiger partial charge in [-0.05, 0) is 31.0 Å². The number of phenols is 1. The highest BCUT2D eigenvalue weighted by Crippen LogP contribution is 2.11. The predicted octanol–water partition coefficient (Wildman–Crippen LogP) is -0.562. The maximum atomic E-state index is 12.4. The van der Waals surface area contributed by atoms with Crippen molar-refractivity contribution in [1.29, 1.82) is 0 Å². The molecule has 1 aromatic rings. The molecule has 0 bridgehead atoms. The summed E-state index contributed by atoms with van der Waals surface area (Å²) in [6.45, 7) is 2.32. The van der Waals surface area contributed by atoms with Crippen molar-refractivity contribution in [2.45, 2.75) is 31.8 Å². The van der Waals surface area contributed by atoms with Gasteiger partial charge in [0.1, 0.15) is 11.8 Å². The summed E-state index contributed by atoms with van der Waals surface area (Å²) in [7, 11) is 1.55. The lowest BCUT2D eigenvalue weighted by atomic mass is 9.98. The summed E-state index contributed by atoms with van der Waals surface area (Å²) in [5, 5.41) is 23.8. The van der Waals surface area contributed by atoms with Crippen molar-refractivity contribution >= 4 is 17.6 Å². The molecule has 3 atom stereocenters. The number of carbonyl (C=O) groups excluding carboxylic acids is 3. The largest absolute Gasteiger partial charge is 0.508 e. The smallest absolute Gasteiger partial charge is 0.239 e. The third-order valence-corrected chi connectivity index (χ3v) is 4.55. The summed E-state index contributed by atoms with van der Waals surface area (Å²) in [6, 6.07) is 4.14. The van der Waals surface area contributed by atoms with E-state index in [0.29, 0.717) is 18.8 Å². The van der Waals surface area contributed by atoms with Crippen molar-refractivity contribution in [1.82, 2.24) is 16.4 Å². The number of ether oxygens (including phenoxy) is 2. The van der Waals surface area contributed by atoms with Gasteiger partial charge in [-0.15, -0.1) is 0 Å². The van der Waals surface area contributed by atoms with E-state index >= 15 is 0 Å². The van der Waals surface area contributed by atoms with E-state index in [9.17, 15) is 24.6 Å². The number of rotatable bonds is 15. The minimum atomic E-state index is -1.13. The Bertz CT molecular complexity index is 697. The van der Waals surface area contributed by atoms with Crippen LogP contribution in [0.5, 0.6) is 5.75 Å². The predicted molar refractivity (Wildman–Crippen MR) is 112 cm³/mol. The molecule has 0 saturated carbocycles. The van der Waals surface area contributed by atoms with Gasteiger partial charge in [-0.25, -0.2) is 5.73 Å². The van der Waals surface area contributed by atoms with Crippen LogP contribution in [0.4, 0.5) is 0 Å². The molecule has 0 aliphatic rings. The molecule has 0 heterocycles. The number of ketones is 1. The van der Waals surface area contributed by atoms with E-state index in [2.05, 4.69) is 10.6 Å². The first kappa shape index (κ1) is 26.5. The number of aliphatic hydroxyl groups excluding tert-OH is 1. The lowest BCUT2D eigenvalue weighted by molar-refractivity contribution is -0.132. The molecule has 10 nitrogen and oxygen atoms in total. The summed E-state index contributed by atoms with van der Waals surface area (Å²) in [4.78, 5) is 36.7. The van der Waals surface area contributed by atoms with Crippen LogP contribution in [0, 0.1) is 5.92 Å². The van der Waals surface area contributed by atoms with Crippen LogP contribution in [0.15, 0.2) is 24.3 Å². The zero-order chi connectivity index (χ0) is 23.2. The standard InChI is InChI=1S/C21H32N3O7/c1-14(24-21(29)18(22)11-15-3-5-17(26)6-4-15)19(27)12-16(13-25)20(28)23-7-8-31-10-9-30-2/h3-6,14,16,18,22,25-26H,7-13H2,1-2H3,(H,23,28)(H,24,29)/t14-,16+,18+/m1/s1. The Morgan fingerprint density at radius 2 is 1.77 bits per heavy atom. The zero-order valence-corrected chi connectivity index (χ0v) is 17.9. The topological polar surface area (TPSA) is 158 Å². The Kier molecular flexibility index (Phi) is 12.4. The van der Waals surface area contributed by atoms with Gasteiger partial charge in [-0.2, -0.15) is 0 Å². The monoisotopic (exact) mass is 438 g/mol. The van der Waals surface area contributed by atoms with Gasteiger partial charge in [-0.3, -0.25) is 14.4 Å². The summed E-state index contributed by atoms with van der Waals surface area (Å²) >= 11 is 0. The number of amides is 2. The van der Waals surface area contributed by atoms with Crippen LogP contribution in [-0.4, -0.2) is 80.0 Å². The quantitative estimate of drug-likeness (QED) is 0.267. The molecular weight excluding hydrogens is 406 g/mol. The number of aromatic hydroxyl groups is 1. The Morgan fingerprint density at radius 1 is 1.10 bits per heavy atom. The first-order valence-electron chi connectivity index (χ1n) is 10.1. The average Bonchev–Trinajstić information content (AvgIpc) is 2.75. The van der Waals surface area contributed by atoms with E-state index in [-0.39, 0.29) is 31.7 Å². The molecule has 0 fully saturated rings. The fourth-order valence-corrected chi connectivity index (χ4v) is 2.65. The van der Waals surface area contributed by atoms with Crippen LogP contribution in [0.1, 0.15) is 18.9 Å². The van der Waals surface area contributed by atoms with Gasteiger partial charge in [0.25, 0.3) is 0 Å². The van der Waals surface area contributed by atoms with Crippen LogP contribution in [0.3, 0.4) is 0 Å². The first-order valence-corrected chi connectivity index (χ1v) is 10.1. The third kappa shape index (κ3) is 10.4. The fourth-order valence-electron chi connectivity index (χ4n) is 2.65. The van der Waals surface area contributed by atoms with E-state index in [4.69, 9.17) is 15.2 Å². The summed E-state index contributed by atoms with van der Waals surface area (Å²) in [5.41, 5.74) is 8.68. The molecule has 2 amide bonds. The van der Waals surface area contributed by atoms with Gasteiger partial charge in [0.15, 0.2) is 5.78 Å². The van der Waals surface area contributed by atoms with Gasteiger partial charge < -0.3 is 30.3 Å². The van der Waals surface area contributed by atoms with Crippen molar-refractivity contribution in [3.8, 4) is 5.75 Å². The van der Waals surface area contributed by atoms with Crippen molar-refractivity contribution in [2.24, 2.45) is 5.92 Å². The van der Waals surface area contributed by atoms with Crippen LogP contribution in [0.2, 0.25) is 0 Å². The number of hydrogen-bond acceptors (Lipinski definition) is 7. The molecule has 0 aliphatic carbocycles. The Balaban J connectivity index is 2.42. The number of aliphatic hydroxyl groups is 1. The molecule has 1 rings (SSSR count). The molecule has 0 spiro atoms. The number of hydrogen-bond donors (Lipinski definition) is 4. The van der Waals surface area contributed by atoms with Crippen molar-refractivity contribution in [3.63, 3.8) is 0 Å².